The van der Waals surface area contributed by atoms with Gasteiger partial charge in [0.15, 0.2) is 5.78 Å². The third kappa shape index (κ3) is 3.00. The molecule has 0 saturated carbocycles. The van der Waals surface area contributed by atoms with Gasteiger partial charge < -0.3 is 9.47 Å². The topological polar surface area (TPSA) is 52.6 Å². The Labute approximate surface area is 156 Å². The van der Waals surface area contributed by atoms with Crippen molar-refractivity contribution in [2.24, 2.45) is 0 Å². The van der Waals surface area contributed by atoms with Crippen LogP contribution < -0.4 is 9.47 Å². The van der Waals surface area contributed by atoms with Crippen molar-refractivity contribution in [3.8, 4) is 11.5 Å². The van der Waals surface area contributed by atoms with Crippen molar-refractivity contribution in [3.63, 3.8) is 0 Å². The van der Waals surface area contributed by atoms with Gasteiger partial charge in [0.25, 0.3) is 0 Å². The SMILES string of the molecule is O=C1c2cccc(OCCBr)c2C(=O)c2c(OCCBr)cccc21. The summed E-state index contributed by atoms with van der Waals surface area (Å²) in [6.07, 6.45) is 0. The van der Waals surface area contributed by atoms with E-state index in [4.69, 9.17) is 9.47 Å². The van der Waals surface area contributed by atoms with Crippen LogP contribution in [0, 0.1) is 0 Å². The molecule has 0 fully saturated rings. The first-order valence-corrected chi connectivity index (χ1v) is 9.66. The van der Waals surface area contributed by atoms with Gasteiger partial charge in [0.2, 0.25) is 5.78 Å². The Morgan fingerprint density at radius 2 is 1.17 bits per heavy atom. The summed E-state index contributed by atoms with van der Waals surface area (Å²) in [4.78, 5) is 25.9. The zero-order valence-corrected chi connectivity index (χ0v) is 15.9. The number of carbonyl (C=O) groups is 2. The predicted octanol–water partition coefficient (Wildman–Crippen LogP) is 4.01. The molecule has 6 heteroatoms. The average Bonchev–Trinajstić information content (AvgIpc) is 2.62. The first-order valence-electron chi connectivity index (χ1n) is 7.42. The third-order valence-corrected chi connectivity index (χ3v) is 4.31. The molecule has 2 aromatic rings. The van der Waals surface area contributed by atoms with Gasteiger partial charge in [0.1, 0.15) is 11.5 Å². The van der Waals surface area contributed by atoms with Crippen molar-refractivity contribution in [1.29, 1.82) is 0 Å². The molecule has 2 aromatic carbocycles. The third-order valence-electron chi connectivity index (χ3n) is 3.67. The van der Waals surface area contributed by atoms with Crippen LogP contribution in [0.4, 0.5) is 0 Å². The van der Waals surface area contributed by atoms with E-state index in [0.717, 1.165) is 0 Å². The van der Waals surface area contributed by atoms with Crippen LogP contribution in [-0.2, 0) is 0 Å². The molecule has 4 nitrogen and oxygen atoms in total. The lowest BCUT2D eigenvalue weighted by Gasteiger charge is -2.22. The number of hydrogen-bond acceptors (Lipinski definition) is 4. The molecule has 0 atom stereocenters. The van der Waals surface area contributed by atoms with Gasteiger partial charge in [-0.15, -0.1) is 0 Å². The standard InChI is InChI=1S/C18H14Br2O4/c19-7-9-23-13-5-1-3-11-15(13)18(22)16-12(17(11)21)4-2-6-14(16)24-10-8-20/h1-6H,7-10H2. The van der Waals surface area contributed by atoms with Crippen molar-refractivity contribution in [1.82, 2.24) is 0 Å². The highest BCUT2D eigenvalue weighted by atomic mass is 79.9. The molecule has 0 spiro atoms. The average molecular weight is 454 g/mol. The fourth-order valence-electron chi connectivity index (χ4n) is 2.72. The predicted molar refractivity (Wildman–Crippen MR) is 98.3 cm³/mol. The maximum atomic E-state index is 13.1. The minimum Gasteiger partial charge on any atom is -0.492 e. The molecule has 0 heterocycles. The molecule has 1 aliphatic rings. The molecule has 0 amide bonds. The summed E-state index contributed by atoms with van der Waals surface area (Å²) in [5, 5.41) is 1.27. The molecule has 124 valence electrons. The summed E-state index contributed by atoms with van der Waals surface area (Å²) in [6.45, 7) is 0.818. The van der Waals surface area contributed by atoms with Gasteiger partial charge in [0.05, 0.1) is 24.3 Å². The minimum absolute atomic E-state index is 0.187. The Hall–Kier alpha value is -1.66. The summed E-state index contributed by atoms with van der Waals surface area (Å²) >= 11 is 6.59. The molecule has 0 bridgehead atoms. The number of carbonyl (C=O) groups excluding carboxylic acids is 2. The van der Waals surface area contributed by atoms with E-state index in [9.17, 15) is 9.59 Å². The van der Waals surface area contributed by atoms with Crippen molar-refractivity contribution in [2.45, 2.75) is 0 Å². The lowest BCUT2D eigenvalue weighted by atomic mass is 9.83. The number of alkyl halides is 2. The molecule has 0 aliphatic heterocycles. The van der Waals surface area contributed by atoms with E-state index in [1.54, 1.807) is 36.4 Å². The van der Waals surface area contributed by atoms with Crippen molar-refractivity contribution in [2.75, 3.05) is 23.9 Å². The number of hydrogen-bond donors (Lipinski definition) is 0. The van der Waals surface area contributed by atoms with Gasteiger partial charge in [-0.3, -0.25) is 9.59 Å². The highest BCUT2D eigenvalue weighted by Crippen LogP contribution is 2.37. The summed E-state index contributed by atoms with van der Waals surface area (Å²) in [5.74, 6) is 0.417. The Morgan fingerprint density at radius 3 is 1.58 bits per heavy atom. The van der Waals surface area contributed by atoms with Gasteiger partial charge in [-0.2, -0.15) is 0 Å². The van der Waals surface area contributed by atoms with Gasteiger partial charge >= 0.3 is 0 Å². The molecule has 1 aliphatic carbocycles. The van der Waals surface area contributed by atoms with E-state index >= 15 is 0 Å². The molecule has 3 rings (SSSR count). The van der Waals surface area contributed by atoms with E-state index in [-0.39, 0.29) is 11.6 Å². The molecule has 0 radical (unpaired) electrons. The van der Waals surface area contributed by atoms with Gasteiger partial charge in [-0.25, -0.2) is 0 Å². The number of halogens is 2. The molecule has 0 saturated heterocycles. The maximum Gasteiger partial charge on any atom is 0.201 e. The van der Waals surface area contributed by atoms with Crippen molar-refractivity contribution < 1.29 is 19.1 Å². The second-order valence-corrected chi connectivity index (χ2v) is 6.68. The summed E-state index contributed by atoms with van der Waals surface area (Å²) in [7, 11) is 0. The number of fused-ring (bicyclic) bond motifs is 2. The van der Waals surface area contributed by atoms with Crippen LogP contribution in [0.2, 0.25) is 0 Å². The number of ether oxygens (including phenoxy) is 2. The molecular weight excluding hydrogens is 440 g/mol. The summed E-state index contributed by atoms with van der Waals surface area (Å²) in [5.41, 5.74) is 1.37. The Kier molecular flexibility index (Phi) is 5.36. The smallest absolute Gasteiger partial charge is 0.201 e. The number of rotatable bonds is 6. The number of benzene rings is 2. The quantitative estimate of drug-likeness (QED) is 0.529. The van der Waals surface area contributed by atoms with E-state index in [1.165, 1.54) is 0 Å². The lowest BCUT2D eigenvalue weighted by Crippen LogP contribution is -2.23. The van der Waals surface area contributed by atoms with Crippen LogP contribution in [0.15, 0.2) is 36.4 Å². The van der Waals surface area contributed by atoms with Crippen LogP contribution >= 0.6 is 31.9 Å². The van der Waals surface area contributed by atoms with Crippen LogP contribution in [0.5, 0.6) is 11.5 Å². The first-order chi connectivity index (χ1) is 11.7. The fraction of sp³-hybridized carbons (Fsp3) is 0.222. The monoisotopic (exact) mass is 452 g/mol. The fourth-order valence-corrected chi connectivity index (χ4v) is 3.04. The van der Waals surface area contributed by atoms with Crippen LogP contribution in [0.25, 0.3) is 0 Å². The van der Waals surface area contributed by atoms with Crippen LogP contribution in [-0.4, -0.2) is 35.4 Å². The van der Waals surface area contributed by atoms with E-state index < -0.39 is 0 Å². The van der Waals surface area contributed by atoms with Gasteiger partial charge in [0, 0.05) is 21.8 Å². The highest BCUT2D eigenvalue weighted by Gasteiger charge is 2.34. The Bertz CT molecular complexity index is 738. The van der Waals surface area contributed by atoms with Gasteiger partial charge in [-0.1, -0.05) is 56.1 Å². The van der Waals surface area contributed by atoms with Gasteiger partial charge in [-0.05, 0) is 12.1 Å². The zero-order valence-electron chi connectivity index (χ0n) is 12.7. The lowest BCUT2D eigenvalue weighted by molar-refractivity contribution is 0.0972. The molecule has 0 N–H and O–H groups in total. The first kappa shape index (κ1) is 17.2. The maximum absolute atomic E-state index is 13.1. The Balaban J connectivity index is 2.13. The Morgan fingerprint density at radius 1 is 0.708 bits per heavy atom. The molecule has 0 aromatic heterocycles. The molecule has 24 heavy (non-hydrogen) atoms. The largest absolute Gasteiger partial charge is 0.492 e. The van der Waals surface area contributed by atoms with Crippen LogP contribution in [0.3, 0.4) is 0 Å². The summed E-state index contributed by atoms with van der Waals surface area (Å²) < 4.78 is 11.3. The van der Waals surface area contributed by atoms with Crippen molar-refractivity contribution >= 4 is 43.4 Å². The minimum atomic E-state index is -0.241. The van der Waals surface area contributed by atoms with E-state index in [0.29, 0.717) is 57.6 Å². The van der Waals surface area contributed by atoms with E-state index in [2.05, 4.69) is 31.9 Å². The summed E-state index contributed by atoms with van der Waals surface area (Å²) in [6, 6.07) is 10.2. The zero-order chi connectivity index (χ0) is 17.1. The number of ketones is 2. The second kappa shape index (κ2) is 7.49. The second-order valence-electron chi connectivity index (χ2n) is 5.09. The molecular formula is C18H14Br2O4. The van der Waals surface area contributed by atoms with Crippen molar-refractivity contribution in [3.05, 3.63) is 58.7 Å². The normalized spacial score (nSPS) is 12.6. The highest BCUT2D eigenvalue weighted by molar-refractivity contribution is 9.09. The van der Waals surface area contributed by atoms with Crippen LogP contribution in [0.1, 0.15) is 31.8 Å². The van der Waals surface area contributed by atoms with E-state index in [1.807, 2.05) is 0 Å². The molecule has 0 unspecified atom stereocenters.